The highest BCUT2D eigenvalue weighted by Crippen LogP contribution is 2.48. The zero-order chi connectivity index (χ0) is 25.8. The molecule has 3 aromatic rings. The van der Waals surface area contributed by atoms with Crippen molar-refractivity contribution < 1.29 is 17.9 Å². The Balaban J connectivity index is 1.69. The molecule has 0 aliphatic carbocycles. The molecule has 8 nitrogen and oxygen atoms in total. The van der Waals surface area contributed by atoms with Crippen molar-refractivity contribution in [2.45, 2.75) is 26.1 Å². The van der Waals surface area contributed by atoms with Gasteiger partial charge in [-0.05, 0) is 37.6 Å². The van der Waals surface area contributed by atoms with Gasteiger partial charge in [-0.25, -0.2) is 15.0 Å². The van der Waals surface area contributed by atoms with Gasteiger partial charge in [0.15, 0.2) is 0 Å². The molecule has 5 N–H and O–H groups in total. The van der Waals surface area contributed by atoms with Gasteiger partial charge in [-0.15, -0.1) is 0 Å². The number of rotatable bonds is 3. The lowest BCUT2D eigenvalue weighted by Crippen LogP contribution is -2.33. The highest BCUT2D eigenvalue weighted by molar-refractivity contribution is 6.37. The maximum absolute atomic E-state index is 14.0. The molecule has 2 aliphatic heterocycles. The van der Waals surface area contributed by atoms with Gasteiger partial charge in [0.25, 0.3) is 0 Å². The number of benzene rings is 1. The van der Waals surface area contributed by atoms with Crippen LogP contribution in [0.25, 0.3) is 11.3 Å². The molecule has 0 saturated carbocycles. The van der Waals surface area contributed by atoms with Crippen LogP contribution in [-0.4, -0.2) is 27.4 Å². The normalized spacial score (nSPS) is 15.4. The molecule has 0 bridgehead atoms. The first-order chi connectivity index (χ1) is 17.1. The molecular weight excluding hydrogens is 495 g/mol. The number of aryl methyl sites for hydroxylation is 1. The van der Waals surface area contributed by atoms with Crippen LogP contribution in [0.2, 0.25) is 5.02 Å². The van der Waals surface area contributed by atoms with Crippen molar-refractivity contribution in [2.24, 2.45) is 4.99 Å². The molecule has 0 radical (unpaired) electrons. The lowest BCUT2D eigenvalue weighted by molar-refractivity contribution is -0.137. The molecule has 2 aliphatic rings. The largest absolute Gasteiger partial charge is 0.463 e. The number of halogens is 4. The number of nitrogens with two attached hydrogens (primary N) is 2. The second-order valence-corrected chi connectivity index (χ2v) is 8.73. The number of hydrogen-bond acceptors (Lipinski definition) is 8. The van der Waals surface area contributed by atoms with Gasteiger partial charge in [-0.3, -0.25) is 0 Å². The van der Waals surface area contributed by atoms with E-state index in [1.165, 1.54) is 25.3 Å². The first-order valence-corrected chi connectivity index (χ1v) is 11.3. The molecule has 1 aromatic carbocycles. The van der Waals surface area contributed by atoms with Gasteiger partial charge in [-0.1, -0.05) is 17.7 Å². The van der Waals surface area contributed by atoms with Gasteiger partial charge in [0.2, 0.25) is 0 Å². The SMILES string of the molecule is Cc1cc(N)nc(-c2cc3c4c(c2Cl)NCN=C4N(C(C)c2cccnc2N)C=CO3)c1C(F)(F)F. The van der Waals surface area contributed by atoms with Crippen LogP contribution in [0.5, 0.6) is 5.75 Å². The zero-order valence-corrected chi connectivity index (χ0v) is 19.9. The molecule has 0 saturated heterocycles. The predicted octanol–water partition coefficient (Wildman–Crippen LogP) is 5.35. The maximum atomic E-state index is 14.0. The molecule has 0 amide bonds. The number of aliphatic imine (C=N–C) groups is 1. The summed E-state index contributed by atoms with van der Waals surface area (Å²) in [5.41, 5.74) is 12.3. The van der Waals surface area contributed by atoms with Crippen LogP contribution in [0.4, 0.5) is 30.5 Å². The summed E-state index contributed by atoms with van der Waals surface area (Å²) in [5, 5.41) is 3.12. The quantitative estimate of drug-likeness (QED) is 0.431. The first-order valence-electron chi connectivity index (χ1n) is 10.9. The number of pyridine rings is 2. The summed E-state index contributed by atoms with van der Waals surface area (Å²) in [6, 6.07) is 5.96. The van der Waals surface area contributed by atoms with Crippen LogP contribution in [-0.2, 0) is 6.18 Å². The smallest absolute Gasteiger partial charge is 0.418 e. The van der Waals surface area contributed by atoms with E-state index in [0.717, 1.165) is 5.56 Å². The highest BCUT2D eigenvalue weighted by atomic mass is 35.5. The van der Waals surface area contributed by atoms with Crippen LogP contribution in [0.15, 0.2) is 47.9 Å². The van der Waals surface area contributed by atoms with E-state index < -0.39 is 11.7 Å². The summed E-state index contributed by atoms with van der Waals surface area (Å²) < 4.78 is 47.9. The van der Waals surface area contributed by atoms with Gasteiger partial charge < -0.3 is 26.4 Å². The van der Waals surface area contributed by atoms with Gasteiger partial charge >= 0.3 is 6.18 Å². The molecule has 1 unspecified atom stereocenters. The van der Waals surface area contributed by atoms with Crippen molar-refractivity contribution in [1.29, 1.82) is 0 Å². The van der Waals surface area contributed by atoms with Gasteiger partial charge in [0.05, 0.1) is 33.6 Å². The molecule has 186 valence electrons. The van der Waals surface area contributed by atoms with E-state index in [1.54, 1.807) is 18.5 Å². The molecule has 1 atom stereocenters. The Bertz CT molecular complexity index is 1440. The Morgan fingerprint density at radius 3 is 2.75 bits per heavy atom. The van der Waals surface area contributed by atoms with Crippen molar-refractivity contribution in [3.63, 3.8) is 0 Å². The number of nitrogen functional groups attached to an aromatic ring is 2. The third kappa shape index (κ3) is 3.85. The number of nitrogens with zero attached hydrogens (tertiary/aromatic N) is 4. The molecule has 0 fully saturated rings. The Morgan fingerprint density at radius 1 is 1.25 bits per heavy atom. The minimum atomic E-state index is -4.68. The third-order valence-corrected chi connectivity index (χ3v) is 6.50. The minimum absolute atomic E-state index is 0.0355. The molecule has 36 heavy (non-hydrogen) atoms. The molecular formula is C24H21ClF3N7O. The lowest BCUT2D eigenvalue weighted by atomic mass is 9.96. The number of hydrogen-bond donors (Lipinski definition) is 3. The van der Waals surface area contributed by atoms with E-state index >= 15 is 0 Å². The van der Waals surface area contributed by atoms with Crippen LogP contribution >= 0.6 is 11.6 Å². The highest BCUT2D eigenvalue weighted by Gasteiger charge is 2.39. The zero-order valence-electron chi connectivity index (χ0n) is 19.2. The fraction of sp³-hybridized carbons (Fsp3) is 0.208. The summed E-state index contributed by atoms with van der Waals surface area (Å²) in [7, 11) is 0. The summed E-state index contributed by atoms with van der Waals surface area (Å²) in [6.45, 7) is 3.40. The lowest BCUT2D eigenvalue weighted by Gasteiger charge is -2.32. The van der Waals surface area contributed by atoms with E-state index in [4.69, 9.17) is 27.8 Å². The van der Waals surface area contributed by atoms with Crippen LogP contribution in [0, 0.1) is 6.92 Å². The molecule has 5 rings (SSSR count). The van der Waals surface area contributed by atoms with Crippen LogP contribution in [0.1, 0.15) is 35.2 Å². The van der Waals surface area contributed by atoms with E-state index in [9.17, 15) is 13.2 Å². The van der Waals surface area contributed by atoms with Gasteiger partial charge in [0.1, 0.15) is 36.2 Å². The first kappa shape index (κ1) is 23.7. The Morgan fingerprint density at radius 2 is 2.03 bits per heavy atom. The minimum Gasteiger partial charge on any atom is -0.463 e. The van der Waals surface area contributed by atoms with Crippen LogP contribution < -0.4 is 21.5 Å². The second-order valence-electron chi connectivity index (χ2n) is 8.35. The summed E-state index contributed by atoms with van der Waals surface area (Å²) in [4.78, 5) is 14.6. The number of amidine groups is 1. The van der Waals surface area contributed by atoms with E-state index in [1.807, 2.05) is 17.9 Å². The van der Waals surface area contributed by atoms with E-state index in [0.29, 0.717) is 22.9 Å². The summed E-state index contributed by atoms with van der Waals surface area (Å²) in [5.74, 6) is 1.09. The van der Waals surface area contributed by atoms with Crippen molar-refractivity contribution in [2.75, 3.05) is 23.5 Å². The Hall–Kier alpha value is -3.99. The van der Waals surface area contributed by atoms with Gasteiger partial charge in [0, 0.05) is 23.5 Å². The van der Waals surface area contributed by atoms with Crippen LogP contribution in [0.3, 0.4) is 0 Å². The number of anilines is 3. The monoisotopic (exact) mass is 515 g/mol. The fourth-order valence-corrected chi connectivity index (χ4v) is 4.81. The second kappa shape index (κ2) is 8.59. The topological polar surface area (TPSA) is 115 Å². The van der Waals surface area contributed by atoms with E-state index in [-0.39, 0.29) is 46.1 Å². The van der Waals surface area contributed by atoms with E-state index in [2.05, 4.69) is 20.3 Å². The summed E-state index contributed by atoms with van der Waals surface area (Å²) in [6.07, 6.45) is 0.0394. The Kier molecular flexibility index (Phi) is 5.67. The van der Waals surface area contributed by atoms with Gasteiger partial charge in [-0.2, -0.15) is 13.2 Å². The number of ether oxygens (including phenoxy) is 1. The van der Waals surface area contributed by atoms with Crippen molar-refractivity contribution in [3.05, 3.63) is 70.2 Å². The third-order valence-electron chi connectivity index (χ3n) is 6.11. The Labute approximate surface area is 209 Å². The predicted molar refractivity (Wildman–Crippen MR) is 133 cm³/mol. The average molecular weight is 516 g/mol. The summed E-state index contributed by atoms with van der Waals surface area (Å²) >= 11 is 6.74. The van der Waals surface area contributed by atoms with Crippen molar-refractivity contribution in [3.8, 4) is 17.0 Å². The number of nitrogens with one attached hydrogen (secondary N) is 1. The fourth-order valence-electron chi connectivity index (χ4n) is 4.51. The molecule has 2 aromatic heterocycles. The number of alkyl halides is 3. The number of aromatic nitrogens is 2. The average Bonchev–Trinajstić information content (AvgIpc) is 3.00. The molecule has 4 heterocycles. The van der Waals surface area contributed by atoms with Crippen molar-refractivity contribution >= 4 is 34.8 Å². The van der Waals surface area contributed by atoms with Crippen molar-refractivity contribution in [1.82, 2.24) is 14.9 Å². The maximum Gasteiger partial charge on any atom is 0.418 e. The molecule has 0 spiro atoms. The molecule has 12 heteroatoms. The standard InChI is InChI=1S/C24H21ClF3N7O/c1-11-8-16(29)34-20(18(11)24(26,27)28)14-9-15-17-21(19(14)25)32-10-33-23(17)35(6-7-36-15)12(2)13-4-3-5-31-22(13)30/h3-9,12,32H,10H2,1-2H3,(H2,29,34)(H2,30,31).